The molecule has 0 aliphatic carbocycles. The first-order valence-electron chi connectivity index (χ1n) is 8.91. The van der Waals surface area contributed by atoms with Crippen molar-refractivity contribution in [1.29, 1.82) is 0 Å². The van der Waals surface area contributed by atoms with Crippen molar-refractivity contribution in [3.05, 3.63) is 54.9 Å². The Morgan fingerprint density at radius 1 is 1.18 bits per heavy atom. The van der Waals surface area contributed by atoms with Crippen molar-refractivity contribution >= 4 is 71.0 Å². The van der Waals surface area contributed by atoms with Gasteiger partial charge < -0.3 is 16.0 Å². The van der Waals surface area contributed by atoms with E-state index in [4.69, 9.17) is 0 Å². The second-order valence-electron chi connectivity index (χ2n) is 7.18. The van der Waals surface area contributed by atoms with Gasteiger partial charge in [-0.05, 0) is 58.2 Å². The maximum absolute atomic E-state index is 12.5. The zero-order valence-corrected chi connectivity index (χ0v) is 19.8. The summed E-state index contributed by atoms with van der Waals surface area (Å²) >= 11 is 10.8. The van der Waals surface area contributed by atoms with Crippen LogP contribution in [0.1, 0.15) is 36.8 Å². The first-order chi connectivity index (χ1) is 13.3. The molecule has 2 heterocycles. The molecule has 8 heteroatoms. The largest absolute Gasteiger partial charge is 0.374 e. The summed E-state index contributed by atoms with van der Waals surface area (Å²) in [6.07, 6.45) is 1.07. The van der Waals surface area contributed by atoms with Gasteiger partial charge in [0, 0.05) is 50.5 Å². The SMILES string of the molecule is CC(=O)Nc1ccc(Br)cc1[C@@]12CCNC(=O)C[C@@H]1c1cc(Br)cc(Br)c1N2. The van der Waals surface area contributed by atoms with Gasteiger partial charge in [0.15, 0.2) is 0 Å². The number of halogens is 3. The molecule has 0 radical (unpaired) electrons. The first kappa shape index (κ1) is 19.9. The number of fused-ring (bicyclic) bond motifs is 3. The van der Waals surface area contributed by atoms with Crippen molar-refractivity contribution in [2.45, 2.75) is 31.2 Å². The van der Waals surface area contributed by atoms with Crippen LogP contribution in [0.4, 0.5) is 11.4 Å². The first-order valence-corrected chi connectivity index (χ1v) is 11.3. The van der Waals surface area contributed by atoms with Crippen molar-refractivity contribution in [2.24, 2.45) is 0 Å². The normalized spacial score (nSPS) is 23.1. The summed E-state index contributed by atoms with van der Waals surface area (Å²) in [6.45, 7) is 2.06. The van der Waals surface area contributed by atoms with E-state index in [2.05, 4.69) is 69.8 Å². The topological polar surface area (TPSA) is 70.2 Å². The van der Waals surface area contributed by atoms with E-state index >= 15 is 0 Å². The molecule has 2 aliphatic heterocycles. The lowest BCUT2D eigenvalue weighted by Gasteiger charge is -2.37. The van der Waals surface area contributed by atoms with Gasteiger partial charge in [0.25, 0.3) is 0 Å². The summed E-state index contributed by atoms with van der Waals surface area (Å²) in [5.41, 5.74) is 3.29. The van der Waals surface area contributed by atoms with Crippen LogP contribution in [0.15, 0.2) is 43.7 Å². The number of nitrogens with one attached hydrogen (secondary N) is 3. The highest BCUT2D eigenvalue weighted by Gasteiger charge is 2.50. The zero-order chi connectivity index (χ0) is 20.1. The second-order valence-corrected chi connectivity index (χ2v) is 9.86. The Bertz CT molecular complexity index is 995. The van der Waals surface area contributed by atoms with Crippen LogP contribution in [0, 0.1) is 0 Å². The lowest BCUT2D eigenvalue weighted by atomic mass is 9.73. The quantitative estimate of drug-likeness (QED) is 0.461. The van der Waals surface area contributed by atoms with E-state index in [1.165, 1.54) is 6.92 Å². The fraction of sp³-hybridized carbons (Fsp3) is 0.300. The lowest BCUT2D eigenvalue weighted by molar-refractivity contribution is -0.121. The van der Waals surface area contributed by atoms with Crippen molar-refractivity contribution < 1.29 is 9.59 Å². The number of amides is 2. The lowest BCUT2D eigenvalue weighted by Crippen LogP contribution is -2.38. The molecule has 0 spiro atoms. The van der Waals surface area contributed by atoms with Crippen LogP contribution < -0.4 is 16.0 Å². The molecule has 1 saturated heterocycles. The molecule has 0 bridgehead atoms. The van der Waals surface area contributed by atoms with Crippen LogP contribution in [0.2, 0.25) is 0 Å². The van der Waals surface area contributed by atoms with E-state index < -0.39 is 5.54 Å². The monoisotopic (exact) mass is 569 g/mol. The highest BCUT2D eigenvalue weighted by atomic mass is 79.9. The van der Waals surface area contributed by atoms with Gasteiger partial charge >= 0.3 is 0 Å². The zero-order valence-electron chi connectivity index (χ0n) is 15.0. The smallest absolute Gasteiger partial charge is 0.221 e. The molecule has 0 unspecified atom stereocenters. The second kappa shape index (κ2) is 7.46. The number of benzene rings is 2. The Morgan fingerprint density at radius 2 is 1.96 bits per heavy atom. The fourth-order valence-electron chi connectivity index (χ4n) is 4.33. The van der Waals surface area contributed by atoms with Crippen molar-refractivity contribution in [3.8, 4) is 0 Å². The molecular formula is C20H18Br3N3O2. The Labute approximate surface area is 188 Å². The Balaban J connectivity index is 1.96. The molecule has 5 nitrogen and oxygen atoms in total. The summed E-state index contributed by atoms with van der Waals surface area (Å²) in [5.74, 6) is -0.159. The van der Waals surface area contributed by atoms with Gasteiger partial charge in [-0.15, -0.1) is 0 Å². The predicted octanol–water partition coefficient (Wildman–Crippen LogP) is 5.25. The number of hydrogen-bond donors (Lipinski definition) is 3. The van der Waals surface area contributed by atoms with Gasteiger partial charge in [-0.25, -0.2) is 0 Å². The molecule has 0 saturated carbocycles. The fourth-order valence-corrected chi connectivity index (χ4v) is 6.05. The highest BCUT2D eigenvalue weighted by Crippen LogP contribution is 2.56. The molecule has 2 aromatic carbocycles. The van der Waals surface area contributed by atoms with Gasteiger partial charge in [-0.3, -0.25) is 9.59 Å². The van der Waals surface area contributed by atoms with Gasteiger partial charge in [0.2, 0.25) is 11.8 Å². The van der Waals surface area contributed by atoms with Crippen molar-refractivity contribution in [1.82, 2.24) is 5.32 Å². The van der Waals surface area contributed by atoms with Crippen LogP contribution in [-0.2, 0) is 15.1 Å². The Morgan fingerprint density at radius 3 is 2.71 bits per heavy atom. The third kappa shape index (κ3) is 3.39. The van der Waals surface area contributed by atoms with E-state index in [0.717, 1.165) is 35.9 Å². The molecule has 3 N–H and O–H groups in total. The summed E-state index contributed by atoms with van der Waals surface area (Å²) in [6, 6.07) is 9.93. The molecule has 0 aromatic heterocycles. The predicted molar refractivity (Wildman–Crippen MR) is 121 cm³/mol. The van der Waals surface area contributed by atoms with Gasteiger partial charge in [0.05, 0.1) is 11.2 Å². The van der Waals surface area contributed by atoms with Crippen molar-refractivity contribution in [3.63, 3.8) is 0 Å². The summed E-state index contributed by atoms with van der Waals surface area (Å²) in [7, 11) is 0. The van der Waals surface area contributed by atoms with Crippen LogP contribution in [0.3, 0.4) is 0 Å². The number of anilines is 2. The maximum Gasteiger partial charge on any atom is 0.221 e. The molecule has 2 aliphatic rings. The molecule has 146 valence electrons. The number of hydrogen-bond acceptors (Lipinski definition) is 3. The molecular weight excluding hydrogens is 554 g/mol. The third-order valence-electron chi connectivity index (χ3n) is 5.41. The average molecular weight is 572 g/mol. The van der Waals surface area contributed by atoms with Gasteiger partial charge in [-0.2, -0.15) is 0 Å². The van der Waals surface area contributed by atoms with Gasteiger partial charge in [0.1, 0.15) is 0 Å². The minimum atomic E-state index is -0.521. The minimum Gasteiger partial charge on any atom is -0.374 e. The molecule has 4 rings (SSSR count). The van der Waals surface area contributed by atoms with Crippen LogP contribution >= 0.6 is 47.8 Å². The van der Waals surface area contributed by atoms with E-state index in [-0.39, 0.29) is 17.7 Å². The van der Waals surface area contributed by atoms with Crippen molar-refractivity contribution in [2.75, 3.05) is 17.2 Å². The van der Waals surface area contributed by atoms with Crippen LogP contribution in [-0.4, -0.2) is 18.4 Å². The molecule has 2 aromatic rings. The number of carbonyl (C=O) groups is 2. The Kier molecular flexibility index (Phi) is 5.31. The molecule has 2 atom stereocenters. The van der Waals surface area contributed by atoms with E-state index in [0.29, 0.717) is 19.4 Å². The van der Waals surface area contributed by atoms with E-state index in [1.807, 2.05) is 24.3 Å². The molecule has 2 amide bonds. The third-order valence-corrected chi connectivity index (χ3v) is 6.98. The van der Waals surface area contributed by atoms with Crippen LogP contribution in [0.5, 0.6) is 0 Å². The standard InChI is InChI=1S/C20H18Br3N3O2/c1-10(27)25-17-3-2-11(21)7-15(17)20-4-5-24-18(28)9-14(20)13-6-12(22)8-16(23)19(13)26-20/h2-3,6-8,14,26H,4-5,9H2,1H3,(H,24,28)(H,25,27)/t14-,20-/m1/s1. The number of carbonyl (C=O) groups excluding carboxylic acids is 2. The maximum atomic E-state index is 12.5. The molecule has 28 heavy (non-hydrogen) atoms. The summed E-state index contributed by atoms with van der Waals surface area (Å²) in [4.78, 5) is 24.3. The summed E-state index contributed by atoms with van der Waals surface area (Å²) in [5, 5.41) is 9.70. The highest BCUT2D eigenvalue weighted by molar-refractivity contribution is 9.11. The minimum absolute atomic E-state index is 0.0358. The van der Waals surface area contributed by atoms with E-state index in [9.17, 15) is 9.59 Å². The molecule has 1 fully saturated rings. The number of rotatable bonds is 2. The average Bonchev–Trinajstić information content (AvgIpc) is 2.81. The van der Waals surface area contributed by atoms with Crippen LogP contribution in [0.25, 0.3) is 0 Å². The summed E-state index contributed by atoms with van der Waals surface area (Å²) < 4.78 is 2.82. The van der Waals surface area contributed by atoms with E-state index in [1.54, 1.807) is 0 Å². The van der Waals surface area contributed by atoms with Gasteiger partial charge in [-0.1, -0.05) is 31.9 Å². The Hall–Kier alpha value is -1.38.